The van der Waals surface area contributed by atoms with E-state index in [2.05, 4.69) is 243 Å². The molecule has 0 heterocycles. The summed E-state index contributed by atoms with van der Waals surface area (Å²) in [7, 11) is 0. The van der Waals surface area contributed by atoms with Crippen LogP contribution in [0.5, 0.6) is 0 Å². The minimum atomic E-state index is 1.20. The molecule has 0 atom stereocenters. The summed E-state index contributed by atoms with van der Waals surface area (Å²) in [6, 6.07) is 89.8. The van der Waals surface area contributed by atoms with Gasteiger partial charge in [-0.1, -0.05) is 231 Å². The maximum atomic E-state index is 2.52. The summed E-state index contributed by atoms with van der Waals surface area (Å²) in [6.45, 7) is 0. The van der Waals surface area contributed by atoms with Gasteiger partial charge in [-0.3, -0.25) is 0 Å². The van der Waals surface area contributed by atoms with Crippen LogP contribution in [0.4, 0.5) is 0 Å². The van der Waals surface area contributed by atoms with Gasteiger partial charge in [0.2, 0.25) is 0 Å². The molecule has 0 aromatic heterocycles. The van der Waals surface area contributed by atoms with Crippen molar-refractivity contribution in [2.45, 2.75) is 0 Å². The summed E-state index contributed by atoms with van der Waals surface area (Å²) in [5, 5.41) is 10.1. The Labute approximate surface area is 373 Å². The van der Waals surface area contributed by atoms with Crippen LogP contribution < -0.4 is 0 Å². The third kappa shape index (κ3) is 5.49. The van der Waals surface area contributed by atoms with Crippen LogP contribution in [0.2, 0.25) is 0 Å². The number of benzene rings is 12. The van der Waals surface area contributed by atoms with E-state index in [4.69, 9.17) is 0 Å². The van der Waals surface area contributed by atoms with Gasteiger partial charge in [-0.15, -0.1) is 0 Å². The lowest BCUT2D eigenvalue weighted by atomic mass is 9.81. The zero-order chi connectivity index (χ0) is 42.1. The molecule has 0 heteroatoms. The molecular weight excluding hydrogens is 769 g/mol. The maximum absolute atomic E-state index is 2.52. The fraction of sp³-hybridized carbons (Fsp3) is 0. The molecule has 0 aliphatic heterocycles. The largest absolute Gasteiger partial charge is 0.0622 e. The number of hydrogen-bond donors (Lipinski definition) is 0. The van der Waals surface area contributed by atoms with Gasteiger partial charge in [0.05, 0.1) is 0 Å². The third-order valence-electron chi connectivity index (χ3n) is 13.6. The second kappa shape index (κ2) is 14.7. The topological polar surface area (TPSA) is 0 Å². The summed E-state index contributed by atoms with van der Waals surface area (Å²) in [5.41, 5.74) is 20.1. The molecule has 0 nitrogen and oxygen atoms in total. The molecule has 0 bridgehead atoms. The third-order valence-corrected chi connectivity index (χ3v) is 13.6. The highest BCUT2D eigenvalue weighted by molar-refractivity contribution is 6.30. The normalized spacial score (nSPS) is 11.8. The van der Waals surface area contributed by atoms with Crippen molar-refractivity contribution in [2.24, 2.45) is 0 Å². The van der Waals surface area contributed by atoms with Gasteiger partial charge >= 0.3 is 0 Å². The van der Waals surface area contributed by atoms with E-state index < -0.39 is 0 Å². The highest BCUT2D eigenvalue weighted by Gasteiger charge is 2.32. The van der Waals surface area contributed by atoms with E-state index in [0.717, 1.165) is 0 Å². The number of rotatable bonds is 6. The fourth-order valence-electron chi connectivity index (χ4n) is 11.0. The zero-order valence-electron chi connectivity index (χ0n) is 35.1. The van der Waals surface area contributed by atoms with Gasteiger partial charge in [0.1, 0.15) is 0 Å². The molecule has 0 unspecified atom stereocenters. The predicted molar refractivity (Wildman–Crippen MR) is 274 cm³/mol. The van der Waals surface area contributed by atoms with E-state index in [1.54, 1.807) is 0 Å². The van der Waals surface area contributed by atoms with Crippen molar-refractivity contribution in [3.05, 3.63) is 243 Å². The van der Waals surface area contributed by atoms with Gasteiger partial charge in [-0.2, -0.15) is 0 Å². The van der Waals surface area contributed by atoms with E-state index in [1.807, 2.05) is 0 Å². The van der Waals surface area contributed by atoms with Gasteiger partial charge < -0.3 is 0 Å². The monoisotopic (exact) mass is 808 g/mol. The number of fused-ring (bicyclic) bond motifs is 6. The smallest absolute Gasteiger partial charge is 0.000741 e. The van der Waals surface area contributed by atoms with Crippen molar-refractivity contribution in [2.75, 3.05) is 0 Å². The SMILES string of the molecule is c1ccc(-c2cc3c(-c4ccccc4)c4ccccc4c(-c4ccccc4)c3cc2-c2ccc3c4c(cccc24)-c2c-3c(-c3ccccc3)c3ccccc3c2-c2ccccc2)cc1. The maximum Gasteiger partial charge on any atom is -0.000741 e. The quantitative estimate of drug-likeness (QED) is 0.147. The van der Waals surface area contributed by atoms with Gasteiger partial charge in [-0.25, -0.2) is 0 Å². The molecule has 1 aliphatic rings. The minimum Gasteiger partial charge on any atom is -0.0622 e. The highest BCUT2D eigenvalue weighted by atomic mass is 14.3. The first-order chi connectivity index (χ1) is 31.8. The van der Waals surface area contributed by atoms with Crippen LogP contribution in [0.25, 0.3) is 132 Å². The molecule has 0 saturated carbocycles. The molecule has 0 N–H and O–H groups in total. The van der Waals surface area contributed by atoms with Crippen LogP contribution in [0.3, 0.4) is 0 Å². The van der Waals surface area contributed by atoms with Crippen LogP contribution >= 0.6 is 0 Å². The van der Waals surface area contributed by atoms with Crippen molar-refractivity contribution < 1.29 is 0 Å². The van der Waals surface area contributed by atoms with E-state index >= 15 is 0 Å². The Balaban J connectivity index is 1.18. The van der Waals surface area contributed by atoms with Crippen molar-refractivity contribution >= 4 is 43.1 Å². The minimum absolute atomic E-state index is 1.20. The van der Waals surface area contributed by atoms with Crippen molar-refractivity contribution in [1.29, 1.82) is 0 Å². The first-order valence-electron chi connectivity index (χ1n) is 22.3. The molecule has 0 amide bonds. The molecular formula is C64H40. The molecule has 1 aliphatic carbocycles. The summed E-state index contributed by atoms with van der Waals surface area (Å²) in [4.78, 5) is 0. The van der Waals surface area contributed by atoms with Gasteiger partial charge in [0.15, 0.2) is 0 Å². The summed E-state index contributed by atoms with van der Waals surface area (Å²) in [5.74, 6) is 0. The van der Waals surface area contributed by atoms with Crippen molar-refractivity contribution in [3.63, 3.8) is 0 Å². The van der Waals surface area contributed by atoms with Crippen molar-refractivity contribution in [1.82, 2.24) is 0 Å². The molecule has 296 valence electrons. The second-order valence-electron chi connectivity index (χ2n) is 17.0. The standard InChI is InChI=1S/C64H40/c1-6-21-41(22-7-1)54-39-56-57(59(43-25-10-3-11-26-43)49-32-17-16-31-48(49)58(56)42-23-8-2-9-24-42)40-55(54)46-37-38-53-62-47(46)35-20-36-52(62)63-60(44-27-12-4-13-28-44)50-33-18-19-34-51(50)61(64(53)63)45-29-14-5-15-30-45/h1-40H. The van der Waals surface area contributed by atoms with Crippen molar-refractivity contribution in [3.8, 4) is 89.0 Å². The first kappa shape index (κ1) is 36.3. The average Bonchev–Trinajstić information content (AvgIpc) is 3.70. The van der Waals surface area contributed by atoms with Gasteiger partial charge in [0, 0.05) is 0 Å². The molecule has 12 aromatic rings. The zero-order valence-corrected chi connectivity index (χ0v) is 35.1. The van der Waals surface area contributed by atoms with Crippen LogP contribution in [0.1, 0.15) is 0 Å². The first-order valence-corrected chi connectivity index (χ1v) is 22.3. The Morgan fingerprint density at radius 1 is 0.156 bits per heavy atom. The summed E-state index contributed by atoms with van der Waals surface area (Å²) >= 11 is 0. The lowest BCUT2D eigenvalue weighted by molar-refractivity contribution is 1.61. The van der Waals surface area contributed by atoms with E-state index in [1.165, 1.54) is 132 Å². The molecule has 0 spiro atoms. The lowest BCUT2D eigenvalue weighted by Crippen LogP contribution is -1.94. The Kier molecular flexibility index (Phi) is 8.32. The summed E-state index contributed by atoms with van der Waals surface area (Å²) in [6.07, 6.45) is 0. The Morgan fingerprint density at radius 2 is 0.484 bits per heavy atom. The fourth-order valence-corrected chi connectivity index (χ4v) is 11.0. The summed E-state index contributed by atoms with van der Waals surface area (Å²) < 4.78 is 0. The second-order valence-corrected chi connectivity index (χ2v) is 17.0. The Morgan fingerprint density at radius 3 is 0.938 bits per heavy atom. The lowest BCUT2D eigenvalue weighted by Gasteiger charge is -2.22. The average molecular weight is 809 g/mol. The van der Waals surface area contributed by atoms with Gasteiger partial charge in [-0.05, 0) is 144 Å². The Hall–Kier alpha value is -8.32. The molecule has 0 saturated heterocycles. The number of hydrogen-bond acceptors (Lipinski definition) is 0. The van der Waals surface area contributed by atoms with Crippen LogP contribution in [-0.2, 0) is 0 Å². The highest BCUT2D eigenvalue weighted by Crippen LogP contribution is 2.59. The van der Waals surface area contributed by atoms with E-state index in [-0.39, 0.29) is 0 Å². The molecule has 0 radical (unpaired) electrons. The Bertz CT molecular complexity index is 3680. The van der Waals surface area contributed by atoms with E-state index in [9.17, 15) is 0 Å². The van der Waals surface area contributed by atoms with Crippen LogP contribution in [0.15, 0.2) is 243 Å². The molecule has 64 heavy (non-hydrogen) atoms. The predicted octanol–water partition coefficient (Wildman–Crippen LogP) is 17.9. The van der Waals surface area contributed by atoms with Crippen LogP contribution in [-0.4, -0.2) is 0 Å². The molecule has 0 fully saturated rings. The van der Waals surface area contributed by atoms with E-state index in [0.29, 0.717) is 0 Å². The molecule has 13 rings (SSSR count). The van der Waals surface area contributed by atoms with Crippen LogP contribution in [0, 0.1) is 0 Å². The van der Waals surface area contributed by atoms with Gasteiger partial charge in [0.25, 0.3) is 0 Å². The molecule has 12 aromatic carbocycles.